The number of nitrogens with one attached hydrogen (secondary N) is 1. The Morgan fingerprint density at radius 1 is 1.27 bits per heavy atom. The predicted molar refractivity (Wildman–Crippen MR) is 52.7 cm³/mol. The molecule has 15 heavy (non-hydrogen) atoms. The second-order valence-electron chi connectivity index (χ2n) is 2.71. The van der Waals surface area contributed by atoms with Crippen molar-refractivity contribution < 1.29 is 18.0 Å². The Kier molecular flexibility index (Phi) is 3.73. The Morgan fingerprint density at radius 3 is 2.20 bits per heavy atom. The summed E-state index contributed by atoms with van der Waals surface area (Å²) in [5.74, 6) is -0.416. The molecule has 82 valence electrons. The molecule has 2 nitrogen and oxygen atoms in total. The molecule has 0 heterocycles. The topological polar surface area (TPSA) is 29.1 Å². The van der Waals surface area contributed by atoms with E-state index in [1.807, 2.05) is 0 Å². The second-order valence-corrected chi connectivity index (χ2v) is 3.28. The van der Waals surface area contributed by atoms with E-state index in [1.54, 1.807) is 0 Å². The highest BCUT2D eigenvalue weighted by Gasteiger charge is 2.30. The van der Waals surface area contributed by atoms with Gasteiger partial charge >= 0.3 is 6.18 Å². The normalized spacial score (nSPS) is 11.2. The maximum Gasteiger partial charge on any atom is 0.416 e. The quantitative estimate of drug-likeness (QED) is 0.656. The molecule has 0 bridgehead atoms. The van der Waals surface area contributed by atoms with Crippen LogP contribution in [0.2, 0.25) is 0 Å². The number of amides is 1. The Balaban J connectivity index is 2.86. The molecule has 0 saturated heterocycles. The van der Waals surface area contributed by atoms with E-state index in [-0.39, 0.29) is 11.0 Å². The molecule has 0 fully saturated rings. The van der Waals surface area contributed by atoms with Crippen LogP contribution in [0, 0.1) is 0 Å². The van der Waals surface area contributed by atoms with Crippen molar-refractivity contribution in [3.8, 4) is 0 Å². The van der Waals surface area contributed by atoms with Gasteiger partial charge in [0, 0.05) is 5.56 Å². The minimum Gasteiger partial charge on any atom is -0.342 e. The average molecular weight is 282 g/mol. The lowest BCUT2D eigenvalue weighted by atomic mass is 10.1. The molecule has 0 aromatic heterocycles. The smallest absolute Gasteiger partial charge is 0.342 e. The van der Waals surface area contributed by atoms with E-state index in [0.717, 1.165) is 24.3 Å². The molecule has 0 spiro atoms. The molecule has 0 aliphatic carbocycles. The van der Waals surface area contributed by atoms with E-state index in [9.17, 15) is 18.0 Å². The predicted octanol–water partition coefficient (Wildman–Crippen LogP) is 2.79. The number of carbonyl (C=O) groups excluding carboxylic acids is 1. The van der Waals surface area contributed by atoms with Gasteiger partial charge in [0.25, 0.3) is 5.91 Å². The van der Waals surface area contributed by atoms with Gasteiger partial charge in [-0.05, 0) is 24.3 Å². The third-order valence-corrected chi connectivity index (χ3v) is 1.98. The van der Waals surface area contributed by atoms with Crippen LogP contribution in [0.25, 0.3) is 0 Å². The zero-order chi connectivity index (χ0) is 11.5. The van der Waals surface area contributed by atoms with E-state index in [2.05, 4.69) is 21.2 Å². The monoisotopic (exact) mass is 281 g/mol. The SMILES string of the molecule is O=C(NCBr)c1ccc(C(F)(F)F)cc1. The number of alkyl halides is 4. The van der Waals surface area contributed by atoms with E-state index < -0.39 is 17.6 Å². The molecule has 0 aliphatic rings. The number of halogens is 4. The first-order chi connectivity index (χ1) is 6.95. The molecule has 1 N–H and O–H groups in total. The zero-order valence-corrected chi connectivity index (χ0v) is 9.02. The van der Waals surface area contributed by atoms with Gasteiger partial charge in [0.2, 0.25) is 0 Å². The molecule has 0 aliphatic heterocycles. The first-order valence-corrected chi connectivity index (χ1v) is 5.08. The van der Waals surface area contributed by atoms with Crippen molar-refractivity contribution in [1.82, 2.24) is 5.32 Å². The Bertz CT molecular complexity index is 347. The Morgan fingerprint density at radius 2 is 1.80 bits per heavy atom. The summed E-state index contributed by atoms with van der Waals surface area (Å²) in [6.07, 6.45) is -4.37. The van der Waals surface area contributed by atoms with Crippen molar-refractivity contribution in [3.63, 3.8) is 0 Å². The summed E-state index contributed by atoms with van der Waals surface area (Å²) in [5, 5.41) is 2.42. The lowest BCUT2D eigenvalue weighted by molar-refractivity contribution is -0.137. The summed E-state index contributed by atoms with van der Waals surface area (Å²) in [6.45, 7) is 0. The molecule has 1 aromatic carbocycles. The molecule has 1 amide bonds. The van der Waals surface area contributed by atoms with Crippen LogP contribution in [0.15, 0.2) is 24.3 Å². The molecule has 1 rings (SSSR count). The van der Waals surface area contributed by atoms with E-state index >= 15 is 0 Å². The average Bonchev–Trinajstić information content (AvgIpc) is 2.17. The van der Waals surface area contributed by atoms with Gasteiger partial charge in [0.05, 0.1) is 11.0 Å². The third-order valence-electron chi connectivity index (χ3n) is 1.70. The van der Waals surface area contributed by atoms with E-state index in [1.165, 1.54) is 0 Å². The van der Waals surface area contributed by atoms with Crippen LogP contribution in [0.4, 0.5) is 13.2 Å². The Hall–Kier alpha value is -1.04. The van der Waals surface area contributed by atoms with E-state index in [0.29, 0.717) is 0 Å². The first kappa shape index (κ1) is 12.0. The summed E-state index contributed by atoms with van der Waals surface area (Å²) < 4.78 is 36.5. The second kappa shape index (κ2) is 4.65. The van der Waals surface area contributed by atoms with Gasteiger partial charge in [-0.2, -0.15) is 13.2 Å². The first-order valence-electron chi connectivity index (χ1n) is 3.96. The fourth-order valence-electron chi connectivity index (χ4n) is 0.973. The summed E-state index contributed by atoms with van der Waals surface area (Å²) in [6, 6.07) is 4.04. The summed E-state index contributed by atoms with van der Waals surface area (Å²) in [5.41, 5.74) is -0.312. The highest BCUT2D eigenvalue weighted by molar-refractivity contribution is 9.09. The van der Waals surface area contributed by atoms with Crippen molar-refractivity contribution >= 4 is 21.8 Å². The number of hydrogen-bond donors (Lipinski definition) is 1. The largest absolute Gasteiger partial charge is 0.416 e. The number of rotatable bonds is 2. The minimum atomic E-state index is -4.37. The number of carbonyl (C=O) groups is 1. The summed E-state index contributed by atoms with van der Waals surface area (Å²) in [7, 11) is 0. The minimum absolute atomic E-state index is 0.197. The van der Waals surface area contributed by atoms with Gasteiger partial charge in [0.1, 0.15) is 0 Å². The van der Waals surface area contributed by atoms with E-state index in [4.69, 9.17) is 0 Å². The lowest BCUT2D eigenvalue weighted by Gasteiger charge is -2.07. The van der Waals surface area contributed by atoms with Gasteiger partial charge < -0.3 is 5.32 Å². The maximum atomic E-state index is 12.2. The number of hydrogen-bond acceptors (Lipinski definition) is 1. The third kappa shape index (κ3) is 3.23. The Labute approximate surface area is 92.6 Å². The van der Waals surface area contributed by atoms with Gasteiger partial charge in [-0.1, -0.05) is 15.9 Å². The van der Waals surface area contributed by atoms with Crippen LogP contribution in [0.3, 0.4) is 0 Å². The molecular weight excluding hydrogens is 275 g/mol. The van der Waals surface area contributed by atoms with Gasteiger partial charge in [-0.3, -0.25) is 4.79 Å². The van der Waals surface area contributed by atoms with Crippen molar-refractivity contribution in [2.45, 2.75) is 6.18 Å². The maximum absolute atomic E-state index is 12.2. The molecular formula is C9H7BrF3NO. The fourth-order valence-corrected chi connectivity index (χ4v) is 1.23. The highest BCUT2D eigenvalue weighted by atomic mass is 79.9. The van der Waals surface area contributed by atoms with Crippen LogP contribution < -0.4 is 5.32 Å². The van der Waals surface area contributed by atoms with Crippen molar-refractivity contribution in [1.29, 1.82) is 0 Å². The van der Waals surface area contributed by atoms with Crippen molar-refractivity contribution in [2.75, 3.05) is 5.45 Å². The lowest BCUT2D eigenvalue weighted by Crippen LogP contribution is -2.21. The molecule has 0 radical (unpaired) electrons. The summed E-state index contributed by atoms with van der Waals surface area (Å²) >= 11 is 2.98. The molecule has 1 aromatic rings. The van der Waals surface area contributed by atoms with Gasteiger partial charge in [-0.25, -0.2) is 0 Å². The molecule has 0 atom stereocenters. The zero-order valence-electron chi connectivity index (χ0n) is 7.44. The summed E-state index contributed by atoms with van der Waals surface area (Å²) in [4.78, 5) is 11.2. The highest BCUT2D eigenvalue weighted by Crippen LogP contribution is 2.28. The molecule has 6 heteroatoms. The standard InChI is InChI=1S/C9H7BrF3NO/c10-5-14-8(15)6-1-3-7(4-2-6)9(11,12)13/h1-4H,5H2,(H,14,15). The number of benzene rings is 1. The van der Waals surface area contributed by atoms with Gasteiger partial charge in [0.15, 0.2) is 0 Å². The van der Waals surface area contributed by atoms with Crippen LogP contribution in [0.1, 0.15) is 15.9 Å². The molecule has 0 saturated carbocycles. The molecule has 0 unspecified atom stereocenters. The fraction of sp³-hybridized carbons (Fsp3) is 0.222. The van der Waals surface area contributed by atoms with Crippen LogP contribution in [-0.2, 0) is 6.18 Å². The van der Waals surface area contributed by atoms with Crippen LogP contribution >= 0.6 is 15.9 Å². The van der Waals surface area contributed by atoms with Gasteiger partial charge in [-0.15, -0.1) is 0 Å². The van der Waals surface area contributed by atoms with Crippen LogP contribution in [-0.4, -0.2) is 11.4 Å². The van der Waals surface area contributed by atoms with Crippen molar-refractivity contribution in [3.05, 3.63) is 35.4 Å². The van der Waals surface area contributed by atoms with Crippen LogP contribution in [0.5, 0.6) is 0 Å². The van der Waals surface area contributed by atoms with Crippen molar-refractivity contribution in [2.24, 2.45) is 0 Å².